The van der Waals surface area contributed by atoms with Crippen molar-refractivity contribution in [2.75, 3.05) is 0 Å². The van der Waals surface area contributed by atoms with Crippen LogP contribution in [-0.2, 0) is 0 Å². The topological polar surface area (TPSA) is 56.0 Å². The molecule has 80 valence electrons. The third kappa shape index (κ3) is 1.77. The normalized spacial score (nSPS) is 10.1. The van der Waals surface area contributed by atoms with Crippen molar-refractivity contribution in [1.82, 2.24) is 4.98 Å². The lowest BCUT2D eigenvalue weighted by molar-refractivity contribution is 0.100. The van der Waals surface area contributed by atoms with E-state index in [0.29, 0.717) is 5.56 Å². The highest BCUT2D eigenvalue weighted by Crippen LogP contribution is 2.25. The molecule has 0 bridgehead atoms. The first-order valence-electron chi connectivity index (χ1n) is 4.69. The maximum atomic E-state index is 13.7. The van der Waals surface area contributed by atoms with Gasteiger partial charge in [-0.3, -0.25) is 9.78 Å². The fourth-order valence-corrected chi connectivity index (χ4v) is 1.53. The maximum absolute atomic E-state index is 13.7. The van der Waals surface area contributed by atoms with Crippen LogP contribution in [0.3, 0.4) is 0 Å². The van der Waals surface area contributed by atoms with Crippen molar-refractivity contribution in [2.24, 2.45) is 5.73 Å². The van der Waals surface area contributed by atoms with E-state index in [9.17, 15) is 9.18 Å². The van der Waals surface area contributed by atoms with Crippen LogP contribution in [0.2, 0.25) is 0 Å². The van der Waals surface area contributed by atoms with Gasteiger partial charge >= 0.3 is 0 Å². The van der Waals surface area contributed by atoms with Crippen LogP contribution in [0.1, 0.15) is 10.4 Å². The third-order valence-corrected chi connectivity index (χ3v) is 2.23. The molecule has 0 atom stereocenters. The number of nitrogens with zero attached hydrogens (tertiary/aromatic N) is 1. The van der Waals surface area contributed by atoms with E-state index in [4.69, 9.17) is 5.73 Å². The predicted octanol–water partition coefficient (Wildman–Crippen LogP) is 1.99. The molecule has 2 rings (SSSR count). The average molecular weight is 216 g/mol. The summed E-state index contributed by atoms with van der Waals surface area (Å²) in [5.41, 5.74) is 6.09. The molecule has 16 heavy (non-hydrogen) atoms. The van der Waals surface area contributed by atoms with Crippen LogP contribution < -0.4 is 5.73 Å². The minimum absolute atomic E-state index is 0.160. The average Bonchev–Trinajstić information content (AvgIpc) is 2.29. The van der Waals surface area contributed by atoms with Crippen molar-refractivity contribution >= 4 is 5.91 Å². The van der Waals surface area contributed by atoms with Gasteiger partial charge in [0.1, 0.15) is 5.82 Å². The molecule has 1 amide bonds. The van der Waals surface area contributed by atoms with Gasteiger partial charge in [-0.1, -0.05) is 12.1 Å². The molecular formula is C12H9FN2O. The SMILES string of the molecule is NC(=O)c1cccc(F)c1-c1cccnc1. The molecule has 0 radical (unpaired) electrons. The van der Waals surface area contributed by atoms with E-state index in [2.05, 4.69) is 4.98 Å². The van der Waals surface area contributed by atoms with Crippen LogP contribution in [0.4, 0.5) is 4.39 Å². The van der Waals surface area contributed by atoms with Crippen molar-refractivity contribution in [3.05, 3.63) is 54.1 Å². The van der Waals surface area contributed by atoms with Gasteiger partial charge in [-0.15, -0.1) is 0 Å². The Bertz CT molecular complexity index is 526. The van der Waals surface area contributed by atoms with E-state index in [-0.39, 0.29) is 11.1 Å². The number of hydrogen-bond donors (Lipinski definition) is 1. The number of halogens is 1. The van der Waals surface area contributed by atoms with Crippen molar-refractivity contribution in [2.45, 2.75) is 0 Å². The third-order valence-electron chi connectivity index (χ3n) is 2.23. The Morgan fingerprint density at radius 3 is 2.69 bits per heavy atom. The van der Waals surface area contributed by atoms with E-state index in [0.717, 1.165) is 0 Å². The van der Waals surface area contributed by atoms with Gasteiger partial charge in [0.2, 0.25) is 5.91 Å². The maximum Gasteiger partial charge on any atom is 0.249 e. The first kappa shape index (κ1) is 10.3. The number of benzene rings is 1. The minimum Gasteiger partial charge on any atom is -0.366 e. The number of aromatic nitrogens is 1. The summed E-state index contributed by atoms with van der Waals surface area (Å²) in [5.74, 6) is -1.14. The second-order valence-electron chi connectivity index (χ2n) is 3.27. The molecule has 0 spiro atoms. The molecule has 0 aliphatic rings. The highest BCUT2D eigenvalue weighted by Gasteiger charge is 2.14. The molecule has 0 aliphatic carbocycles. The molecule has 0 saturated carbocycles. The van der Waals surface area contributed by atoms with Crippen molar-refractivity contribution < 1.29 is 9.18 Å². The minimum atomic E-state index is -0.654. The number of primary amides is 1. The summed E-state index contributed by atoms with van der Waals surface area (Å²) in [6.45, 7) is 0. The monoisotopic (exact) mass is 216 g/mol. The van der Waals surface area contributed by atoms with Crippen LogP contribution in [0, 0.1) is 5.82 Å². The number of nitrogens with two attached hydrogens (primary N) is 1. The van der Waals surface area contributed by atoms with Crippen molar-refractivity contribution in [1.29, 1.82) is 0 Å². The fraction of sp³-hybridized carbons (Fsp3) is 0. The molecule has 1 aromatic carbocycles. The lowest BCUT2D eigenvalue weighted by Gasteiger charge is -2.07. The fourth-order valence-electron chi connectivity index (χ4n) is 1.53. The standard InChI is InChI=1S/C12H9FN2O/c13-10-5-1-4-9(12(14)16)11(10)8-3-2-6-15-7-8/h1-7H,(H2,14,16). The number of amides is 1. The van der Waals surface area contributed by atoms with Gasteiger partial charge in [0, 0.05) is 29.1 Å². The van der Waals surface area contributed by atoms with Crippen LogP contribution in [0.5, 0.6) is 0 Å². The largest absolute Gasteiger partial charge is 0.366 e. The number of pyridine rings is 1. The van der Waals surface area contributed by atoms with Crippen molar-refractivity contribution in [3.8, 4) is 11.1 Å². The summed E-state index contributed by atoms with van der Waals surface area (Å²) < 4.78 is 13.7. The van der Waals surface area contributed by atoms with Crippen molar-refractivity contribution in [3.63, 3.8) is 0 Å². The Morgan fingerprint density at radius 2 is 2.06 bits per heavy atom. The molecule has 4 heteroatoms. The number of rotatable bonds is 2. The number of hydrogen-bond acceptors (Lipinski definition) is 2. The zero-order chi connectivity index (χ0) is 11.5. The van der Waals surface area contributed by atoms with E-state index in [1.807, 2.05) is 0 Å². The van der Waals surface area contributed by atoms with Gasteiger partial charge in [0.05, 0.1) is 0 Å². The zero-order valence-electron chi connectivity index (χ0n) is 8.35. The van der Waals surface area contributed by atoms with E-state index >= 15 is 0 Å². The molecule has 3 nitrogen and oxygen atoms in total. The Morgan fingerprint density at radius 1 is 1.25 bits per heavy atom. The van der Waals surface area contributed by atoms with Crippen LogP contribution >= 0.6 is 0 Å². The molecule has 0 fully saturated rings. The molecule has 1 heterocycles. The van der Waals surface area contributed by atoms with E-state index < -0.39 is 11.7 Å². The molecule has 2 N–H and O–H groups in total. The lowest BCUT2D eigenvalue weighted by Crippen LogP contribution is -2.13. The zero-order valence-corrected chi connectivity index (χ0v) is 8.35. The number of carbonyl (C=O) groups is 1. The number of carbonyl (C=O) groups excluding carboxylic acids is 1. The summed E-state index contributed by atoms with van der Waals surface area (Å²) in [5, 5.41) is 0. The second kappa shape index (κ2) is 4.10. The molecule has 0 unspecified atom stereocenters. The van der Waals surface area contributed by atoms with E-state index in [1.165, 1.54) is 24.4 Å². The second-order valence-corrected chi connectivity index (χ2v) is 3.27. The van der Waals surface area contributed by atoms with Gasteiger partial charge in [-0.05, 0) is 18.2 Å². The lowest BCUT2D eigenvalue weighted by atomic mass is 10.0. The summed E-state index contributed by atoms with van der Waals surface area (Å²) in [7, 11) is 0. The quantitative estimate of drug-likeness (QED) is 0.834. The molecule has 0 saturated heterocycles. The van der Waals surface area contributed by atoms with Gasteiger partial charge in [0.15, 0.2) is 0 Å². The Labute approximate surface area is 91.7 Å². The smallest absolute Gasteiger partial charge is 0.249 e. The van der Waals surface area contributed by atoms with Gasteiger partial charge in [0.25, 0.3) is 0 Å². The van der Waals surface area contributed by atoms with Gasteiger partial charge < -0.3 is 5.73 Å². The van der Waals surface area contributed by atoms with Crippen LogP contribution in [0.15, 0.2) is 42.7 Å². The summed E-state index contributed by atoms with van der Waals surface area (Å²) in [6, 6.07) is 7.59. The molecule has 0 aliphatic heterocycles. The van der Waals surface area contributed by atoms with E-state index in [1.54, 1.807) is 18.3 Å². The molecular weight excluding hydrogens is 207 g/mol. The summed E-state index contributed by atoms with van der Waals surface area (Å²) in [4.78, 5) is 15.1. The first-order chi connectivity index (χ1) is 7.70. The molecule has 2 aromatic rings. The highest BCUT2D eigenvalue weighted by molar-refractivity contribution is 5.99. The Kier molecular flexibility index (Phi) is 2.64. The van der Waals surface area contributed by atoms with Gasteiger partial charge in [-0.2, -0.15) is 0 Å². The summed E-state index contributed by atoms with van der Waals surface area (Å²) in [6.07, 6.45) is 3.07. The highest BCUT2D eigenvalue weighted by atomic mass is 19.1. The Hall–Kier alpha value is -2.23. The predicted molar refractivity (Wildman–Crippen MR) is 58.1 cm³/mol. The van der Waals surface area contributed by atoms with Crippen LogP contribution in [0.25, 0.3) is 11.1 Å². The summed E-state index contributed by atoms with van der Waals surface area (Å²) >= 11 is 0. The first-order valence-corrected chi connectivity index (χ1v) is 4.69. The Balaban J connectivity index is 2.68. The molecule has 1 aromatic heterocycles. The van der Waals surface area contributed by atoms with Crippen LogP contribution in [-0.4, -0.2) is 10.9 Å². The van der Waals surface area contributed by atoms with Gasteiger partial charge in [-0.25, -0.2) is 4.39 Å².